The second-order valence-corrected chi connectivity index (χ2v) is 5.35. The van der Waals surface area contributed by atoms with Crippen LogP contribution in [-0.2, 0) is 4.79 Å². The molecule has 4 nitrogen and oxygen atoms in total. The Morgan fingerprint density at radius 1 is 1.37 bits per heavy atom. The Morgan fingerprint density at radius 3 is 2.58 bits per heavy atom. The number of nitrogens with zero attached hydrogens (tertiary/aromatic N) is 1. The lowest BCUT2D eigenvalue weighted by atomic mass is 10.0. The summed E-state index contributed by atoms with van der Waals surface area (Å²) in [7, 11) is 0. The lowest BCUT2D eigenvalue weighted by Crippen LogP contribution is -2.45. The predicted octanol–water partition coefficient (Wildman–Crippen LogP) is 1.51. The lowest BCUT2D eigenvalue weighted by Gasteiger charge is -2.34. The number of carbonyl (C=O) groups is 1. The molecule has 0 aliphatic carbocycles. The fourth-order valence-corrected chi connectivity index (χ4v) is 2.50. The Morgan fingerprint density at radius 2 is 2.00 bits per heavy atom. The number of anilines is 1. The smallest absolute Gasteiger partial charge is 0.221 e. The van der Waals surface area contributed by atoms with Crippen molar-refractivity contribution in [1.82, 2.24) is 5.32 Å². The third-order valence-corrected chi connectivity index (χ3v) is 3.49. The van der Waals surface area contributed by atoms with Crippen LogP contribution in [0.1, 0.15) is 26.2 Å². The summed E-state index contributed by atoms with van der Waals surface area (Å²) < 4.78 is 0. The highest BCUT2D eigenvalue weighted by atomic mass is 16.1. The number of hydrogen-bond acceptors (Lipinski definition) is 3. The number of benzene rings is 1. The summed E-state index contributed by atoms with van der Waals surface area (Å²) in [5.74, 6) is 0.0770. The van der Waals surface area contributed by atoms with E-state index in [9.17, 15) is 4.79 Å². The van der Waals surface area contributed by atoms with E-state index in [1.165, 1.54) is 5.69 Å². The van der Waals surface area contributed by atoms with Gasteiger partial charge in [0, 0.05) is 37.3 Å². The molecule has 1 aromatic rings. The number of para-hydroxylation sites is 1. The molecule has 1 aromatic carbocycles. The van der Waals surface area contributed by atoms with Crippen LogP contribution in [0.3, 0.4) is 0 Å². The van der Waals surface area contributed by atoms with E-state index in [4.69, 9.17) is 5.73 Å². The largest absolute Gasteiger partial charge is 0.371 e. The zero-order valence-electron chi connectivity index (χ0n) is 11.5. The van der Waals surface area contributed by atoms with Gasteiger partial charge in [-0.3, -0.25) is 4.79 Å². The molecule has 0 bridgehead atoms. The van der Waals surface area contributed by atoms with Crippen molar-refractivity contribution in [3.63, 3.8) is 0 Å². The summed E-state index contributed by atoms with van der Waals surface area (Å²) in [5, 5.41) is 3.08. The van der Waals surface area contributed by atoms with Gasteiger partial charge in [0.1, 0.15) is 0 Å². The second-order valence-electron chi connectivity index (χ2n) is 5.35. The van der Waals surface area contributed by atoms with Crippen molar-refractivity contribution in [1.29, 1.82) is 0 Å². The van der Waals surface area contributed by atoms with Crippen LogP contribution >= 0.6 is 0 Å². The van der Waals surface area contributed by atoms with Gasteiger partial charge >= 0.3 is 0 Å². The van der Waals surface area contributed by atoms with Crippen molar-refractivity contribution >= 4 is 11.6 Å². The zero-order valence-corrected chi connectivity index (χ0v) is 11.5. The number of piperidine rings is 1. The van der Waals surface area contributed by atoms with Gasteiger partial charge in [-0.05, 0) is 31.9 Å². The summed E-state index contributed by atoms with van der Waals surface area (Å²) in [6.07, 6.45) is 2.41. The molecule has 104 valence electrons. The summed E-state index contributed by atoms with van der Waals surface area (Å²) in [6.45, 7) is 3.85. The van der Waals surface area contributed by atoms with Gasteiger partial charge in [0.05, 0.1) is 0 Å². The van der Waals surface area contributed by atoms with Gasteiger partial charge < -0.3 is 16.0 Å². The third-order valence-electron chi connectivity index (χ3n) is 3.49. The first-order chi connectivity index (χ1) is 9.15. The number of amides is 1. The van der Waals surface area contributed by atoms with E-state index in [0.29, 0.717) is 12.5 Å². The summed E-state index contributed by atoms with van der Waals surface area (Å²) in [4.78, 5) is 14.0. The average Bonchev–Trinajstić information content (AvgIpc) is 2.39. The highest BCUT2D eigenvalue weighted by Gasteiger charge is 2.20. The maximum absolute atomic E-state index is 11.7. The van der Waals surface area contributed by atoms with E-state index in [0.717, 1.165) is 25.9 Å². The minimum atomic E-state index is -0.0654. The molecule has 0 spiro atoms. The van der Waals surface area contributed by atoms with Crippen molar-refractivity contribution in [2.45, 2.75) is 38.3 Å². The van der Waals surface area contributed by atoms with Crippen LogP contribution in [0, 0.1) is 0 Å². The summed E-state index contributed by atoms with van der Waals surface area (Å²) in [5.41, 5.74) is 6.89. The molecule has 1 aliphatic rings. The molecule has 1 fully saturated rings. The van der Waals surface area contributed by atoms with E-state index in [2.05, 4.69) is 34.5 Å². The second kappa shape index (κ2) is 6.57. The van der Waals surface area contributed by atoms with Crippen LogP contribution in [0.15, 0.2) is 30.3 Å². The van der Waals surface area contributed by atoms with Gasteiger partial charge in [-0.2, -0.15) is 0 Å². The van der Waals surface area contributed by atoms with Crippen LogP contribution in [0.4, 0.5) is 5.69 Å². The highest BCUT2D eigenvalue weighted by molar-refractivity contribution is 5.76. The highest BCUT2D eigenvalue weighted by Crippen LogP contribution is 2.19. The Hall–Kier alpha value is -1.55. The third kappa shape index (κ3) is 4.24. The molecule has 0 radical (unpaired) electrons. The molecule has 2 rings (SSSR count). The Labute approximate surface area is 115 Å². The van der Waals surface area contributed by atoms with Crippen molar-refractivity contribution in [3.05, 3.63) is 30.3 Å². The standard InChI is InChI=1S/C15H23N3O/c1-12(16)11-15(19)17-13-7-9-18(10-8-13)14-5-3-2-4-6-14/h2-6,12-13H,7-11,16H2,1H3,(H,17,19). The fraction of sp³-hybridized carbons (Fsp3) is 0.533. The minimum Gasteiger partial charge on any atom is -0.371 e. The summed E-state index contributed by atoms with van der Waals surface area (Å²) in [6, 6.07) is 10.7. The van der Waals surface area contributed by atoms with Gasteiger partial charge in [0.2, 0.25) is 5.91 Å². The maximum atomic E-state index is 11.7. The molecular weight excluding hydrogens is 238 g/mol. The Bertz CT molecular complexity index is 397. The molecular formula is C15H23N3O. The molecule has 1 atom stereocenters. The SMILES string of the molecule is CC(N)CC(=O)NC1CCN(c2ccccc2)CC1. The molecule has 1 unspecified atom stereocenters. The molecule has 3 N–H and O–H groups in total. The first-order valence-corrected chi connectivity index (χ1v) is 7.00. The molecule has 1 heterocycles. The monoisotopic (exact) mass is 261 g/mol. The molecule has 1 saturated heterocycles. The number of nitrogens with two attached hydrogens (primary N) is 1. The predicted molar refractivity (Wildman–Crippen MR) is 78.1 cm³/mol. The van der Waals surface area contributed by atoms with E-state index in [1.807, 2.05) is 13.0 Å². The van der Waals surface area contributed by atoms with Crippen LogP contribution in [-0.4, -0.2) is 31.1 Å². The van der Waals surface area contributed by atoms with Crippen LogP contribution < -0.4 is 16.0 Å². The molecule has 0 saturated carbocycles. The van der Waals surface area contributed by atoms with Crippen molar-refractivity contribution < 1.29 is 4.79 Å². The van der Waals surface area contributed by atoms with Gasteiger partial charge in [-0.25, -0.2) is 0 Å². The number of rotatable bonds is 4. The molecule has 1 aliphatic heterocycles. The molecule has 4 heteroatoms. The van der Waals surface area contributed by atoms with E-state index >= 15 is 0 Å². The Balaban J connectivity index is 1.78. The molecule has 1 amide bonds. The van der Waals surface area contributed by atoms with Crippen LogP contribution in [0.5, 0.6) is 0 Å². The van der Waals surface area contributed by atoms with Crippen molar-refractivity contribution in [2.24, 2.45) is 5.73 Å². The number of nitrogens with one attached hydrogen (secondary N) is 1. The zero-order chi connectivity index (χ0) is 13.7. The van der Waals surface area contributed by atoms with Crippen LogP contribution in [0.25, 0.3) is 0 Å². The van der Waals surface area contributed by atoms with Gasteiger partial charge in [-0.1, -0.05) is 18.2 Å². The van der Waals surface area contributed by atoms with Crippen LogP contribution in [0.2, 0.25) is 0 Å². The average molecular weight is 261 g/mol. The quantitative estimate of drug-likeness (QED) is 0.863. The topological polar surface area (TPSA) is 58.4 Å². The first-order valence-electron chi connectivity index (χ1n) is 7.00. The van der Waals surface area contributed by atoms with E-state index in [1.54, 1.807) is 0 Å². The maximum Gasteiger partial charge on any atom is 0.221 e. The fourth-order valence-electron chi connectivity index (χ4n) is 2.50. The minimum absolute atomic E-state index is 0.0654. The molecule has 0 aromatic heterocycles. The number of hydrogen-bond donors (Lipinski definition) is 2. The Kier molecular flexibility index (Phi) is 4.80. The van der Waals surface area contributed by atoms with Gasteiger partial charge in [0.25, 0.3) is 0 Å². The van der Waals surface area contributed by atoms with Crippen molar-refractivity contribution in [3.8, 4) is 0 Å². The first kappa shape index (κ1) is 13.9. The van der Waals surface area contributed by atoms with E-state index < -0.39 is 0 Å². The lowest BCUT2D eigenvalue weighted by molar-refractivity contribution is -0.122. The van der Waals surface area contributed by atoms with Gasteiger partial charge in [0.15, 0.2) is 0 Å². The molecule has 19 heavy (non-hydrogen) atoms. The summed E-state index contributed by atoms with van der Waals surface area (Å²) >= 11 is 0. The van der Waals surface area contributed by atoms with Crippen molar-refractivity contribution in [2.75, 3.05) is 18.0 Å². The number of carbonyl (C=O) groups excluding carboxylic acids is 1. The van der Waals surface area contributed by atoms with E-state index in [-0.39, 0.29) is 11.9 Å². The normalized spacial score (nSPS) is 18.1. The van der Waals surface area contributed by atoms with Gasteiger partial charge in [-0.15, -0.1) is 0 Å².